The standard InChI is InChI=1S/C12H24O4/c1-4-12(5-6-13)8-15-10(16-9-12)11(2,3)7-14/h10,13-14H,4-9H2,1-3H3. The minimum absolute atomic E-state index is 0.0385. The predicted octanol–water partition coefficient (Wildman–Crippen LogP) is 1.16. The highest BCUT2D eigenvalue weighted by Crippen LogP contribution is 2.36. The third-order valence-corrected chi connectivity index (χ3v) is 3.52. The summed E-state index contributed by atoms with van der Waals surface area (Å²) in [4.78, 5) is 0. The lowest BCUT2D eigenvalue weighted by molar-refractivity contribution is -0.276. The van der Waals surface area contributed by atoms with Crippen LogP contribution < -0.4 is 0 Å². The van der Waals surface area contributed by atoms with Crippen molar-refractivity contribution in [3.63, 3.8) is 0 Å². The molecule has 1 heterocycles. The van der Waals surface area contributed by atoms with Gasteiger partial charge >= 0.3 is 0 Å². The van der Waals surface area contributed by atoms with Gasteiger partial charge in [0, 0.05) is 17.4 Å². The average Bonchev–Trinajstić information content (AvgIpc) is 2.30. The highest BCUT2D eigenvalue weighted by molar-refractivity contribution is 4.83. The minimum atomic E-state index is -0.376. The molecule has 0 atom stereocenters. The average molecular weight is 232 g/mol. The summed E-state index contributed by atoms with van der Waals surface area (Å²) < 4.78 is 11.4. The third-order valence-electron chi connectivity index (χ3n) is 3.52. The molecule has 0 radical (unpaired) electrons. The van der Waals surface area contributed by atoms with Crippen molar-refractivity contribution in [1.82, 2.24) is 0 Å². The molecule has 0 aliphatic carbocycles. The zero-order valence-corrected chi connectivity index (χ0v) is 10.5. The van der Waals surface area contributed by atoms with E-state index in [0.717, 1.165) is 6.42 Å². The summed E-state index contributed by atoms with van der Waals surface area (Å²) in [6.07, 6.45) is 1.28. The molecule has 0 aromatic heterocycles. The maximum atomic E-state index is 9.24. The van der Waals surface area contributed by atoms with E-state index in [4.69, 9.17) is 14.6 Å². The van der Waals surface area contributed by atoms with Crippen LogP contribution >= 0.6 is 0 Å². The molecular formula is C12H24O4. The lowest BCUT2D eigenvalue weighted by Gasteiger charge is -2.43. The van der Waals surface area contributed by atoms with Gasteiger partial charge < -0.3 is 19.7 Å². The molecule has 0 aromatic carbocycles. The van der Waals surface area contributed by atoms with Gasteiger partial charge in [-0.25, -0.2) is 0 Å². The van der Waals surface area contributed by atoms with Gasteiger partial charge in [-0.1, -0.05) is 20.8 Å². The van der Waals surface area contributed by atoms with E-state index < -0.39 is 0 Å². The zero-order chi connectivity index (χ0) is 12.2. The van der Waals surface area contributed by atoms with Gasteiger partial charge in [0.2, 0.25) is 0 Å². The highest BCUT2D eigenvalue weighted by Gasteiger charge is 2.40. The Hall–Kier alpha value is -0.160. The smallest absolute Gasteiger partial charge is 0.164 e. The van der Waals surface area contributed by atoms with Crippen molar-refractivity contribution in [2.45, 2.75) is 39.9 Å². The Bertz CT molecular complexity index is 207. The van der Waals surface area contributed by atoms with Crippen molar-refractivity contribution < 1.29 is 19.7 Å². The molecule has 1 aliphatic heterocycles. The molecule has 0 spiro atoms. The number of hydrogen-bond donors (Lipinski definition) is 2. The minimum Gasteiger partial charge on any atom is -0.396 e. The van der Waals surface area contributed by atoms with Crippen LogP contribution in [0.2, 0.25) is 0 Å². The van der Waals surface area contributed by atoms with Gasteiger partial charge in [0.15, 0.2) is 6.29 Å². The Morgan fingerprint density at radius 2 is 1.81 bits per heavy atom. The predicted molar refractivity (Wildman–Crippen MR) is 61.0 cm³/mol. The van der Waals surface area contributed by atoms with E-state index in [1.807, 2.05) is 13.8 Å². The number of aliphatic hydroxyl groups excluding tert-OH is 2. The number of hydrogen-bond acceptors (Lipinski definition) is 4. The molecule has 0 amide bonds. The molecule has 1 fully saturated rings. The summed E-state index contributed by atoms with van der Waals surface area (Å²) in [6, 6.07) is 0. The first kappa shape index (κ1) is 13.9. The second kappa shape index (κ2) is 5.45. The molecule has 0 bridgehead atoms. The summed E-state index contributed by atoms with van der Waals surface area (Å²) in [5.74, 6) is 0. The van der Waals surface area contributed by atoms with Crippen molar-refractivity contribution in [2.75, 3.05) is 26.4 Å². The molecule has 0 unspecified atom stereocenters. The summed E-state index contributed by atoms with van der Waals surface area (Å²) >= 11 is 0. The number of ether oxygens (including phenoxy) is 2. The van der Waals surface area contributed by atoms with Gasteiger partial charge in [0.25, 0.3) is 0 Å². The number of aliphatic hydroxyl groups is 2. The quantitative estimate of drug-likeness (QED) is 0.746. The molecule has 2 N–H and O–H groups in total. The fourth-order valence-corrected chi connectivity index (χ4v) is 1.88. The second-order valence-electron chi connectivity index (χ2n) is 5.43. The summed E-state index contributed by atoms with van der Waals surface area (Å²) in [6.45, 7) is 7.31. The maximum absolute atomic E-state index is 9.24. The van der Waals surface area contributed by atoms with E-state index in [9.17, 15) is 5.11 Å². The van der Waals surface area contributed by atoms with Crippen molar-refractivity contribution in [1.29, 1.82) is 0 Å². The van der Waals surface area contributed by atoms with Crippen LogP contribution in [-0.4, -0.2) is 42.9 Å². The van der Waals surface area contributed by atoms with Gasteiger partial charge in [-0.3, -0.25) is 0 Å². The zero-order valence-electron chi connectivity index (χ0n) is 10.5. The highest BCUT2D eigenvalue weighted by atomic mass is 16.7. The molecule has 0 aromatic rings. The fourth-order valence-electron chi connectivity index (χ4n) is 1.88. The molecule has 1 saturated heterocycles. The Labute approximate surface area is 97.6 Å². The van der Waals surface area contributed by atoms with Crippen molar-refractivity contribution in [2.24, 2.45) is 10.8 Å². The molecule has 16 heavy (non-hydrogen) atoms. The Morgan fingerprint density at radius 3 is 2.19 bits per heavy atom. The van der Waals surface area contributed by atoms with Crippen molar-refractivity contribution in [3.05, 3.63) is 0 Å². The van der Waals surface area contributed by atoms with E-state index >= 15 is 0 Å². The number of rotatable bonds is 5. The first-order valence-corrected chi connectivity index (χ1v) is 5.94. The van der Waals surface area contributed by atoms with E-state index in [1.54, 1.807) is 0 Å². The van der Waals surface area contributed by atoms with Crippen LogP contribution in [0.25, 0.3) is 0 Å². The van der Waals surface area contributed by atoms with E-state index in [1.165, 1.54) is 0 Å². The monoisotopic (exact) mass is 232 g/mol. The van der Waals surface area contributed by atoms with Gasteiger partial charge in [0.1, 0.15) is 0 Å². The molecule has 4 heteroatoms. The van der Waals surface area contributed by atoms with E-state index in [2.05, 4.69) is 6.92 Å². The largest absolute Gasteiger partial charge is 0.396 e. The lowest BCUT2D eigenvalue weighted by Crippen LogP contribution is -2.48. The molecule has 1 rings (SSSR count). The summed E-state index contributed by atoms with van der Waals surface area (Å²) in [5, 5.41) is 18.3. The van der Waals surface area contributed by atoms with Crippen molar-refractivity contribution >= 4 is 0 Å². The van der Waals surface area contributed by atoms with E-state index in [-0.39, 0.29) is 30.3 Å². The summed E-state index contributed by atoms with van der Waals surface area (Å²) in [7, 11) is 0. The Balaban J connectivity index is 2.55. The Morgan fingerprint density at radius 1 is 1.25 bits per heavy atom. The topological polar surface area (TPSA) is 58.9 Å². The van der Waals surface area contributed by atoms with Crippen LogP contribution in [0.15, 0.2) is 0 Å². The van der Waals surface area contributed by atoms with Gasteiger partial charge in [-0.05, 0) is 12.8 Å². The normalized spacial score (nSPS) is 31.7. The summed E-state index contributed by atoms with van der Waals surface area (Å²) in [5.41, 5.74) is -0.435. The van der Waals surface area contributed by atoms with Crippen LogP contribution in [0.4, 0.5) is 0 Å². The molecule has 4 nitrogen and oxygen atoms in total. The van der Waals surface area contributed by atoms with Gasteiger partial charge in [0.05, 0.1) is 19.8 Å². The fraction of sp³-hybridized carbons (Fsp3) is 1.00. The maximum Gasteiger partial charge on any atom is 0.164 e. The van der Waals surface area contributed by atoms with Crippen LogP contribution in [0.5, 0.6) is 0 Å². The molecule has 0 saturated carbocycles. The van der Waals surface area contributed by atoms with Crippen LogP contribution in [-0.2, 0) is 9.47 Å². The Kier molecular flexibility index (Phi) is 4.73. The molecule has 96 valence electrons. The van der Waals surface area contributed by atoms with Crippen LogP contribution in [0.3, 0.4) is 0 Å². The van der Waals surface area contributed by atoms with Gasteiger partial charge in [-0.15, -0.1) is 0 Å². The molecular weight excluding hydrogens is 208 g/mol. The van der Waals surface area contributed by atoms with Crippen LogP contribution in [0.1, 0.15) is 33.6 Å². The second-order valence-corrected chi connectivity index (χ2v) is 5.43. The van der Waals surface area contributed by atoms with Gasteiger partial charge in [-0.2, -0.15) is 0 Å². The first-order chi connectivity index (χ1) is 7.49. The van der Waals surface area contributed by atoms with E-state index in [0.29, 0.717) is 19.6 Å². The SMILES string of the molecule is CCC1(CCO)COC(C(C)(C)CO)OC1. The third kappa shape index (κ3) is 2.94. The lowest BCUT2D eigenvalue weighted by atomic mass is 9.82. The van der Waals surface area contributed by atoms with Crippen LogP contribution in [0, 0.1) is 10.8 Å². The van der Waals surface area contributed by atoms with Crippen molar-refractivity contribution in [3.8, 4) is 0 Å². The molecule has 1 aliphatic rings. The first-order valence-electron chi connectivity index (χ1n) is 5.94.